The maximum absolute atomic E-state index is 10.6. The highest BCUT2D eigenvalue weighted by atomic mass is 16.3. The van der Waals surface area contributed by atoms with Gasteiger partial charge in [0.25, 0.3) is 0 Å². The molecule has 9 nitrogen and oxygen atoms in total. The van der Waals surface area contributed by atoms with Crippen LogP contribution in [0.15, 0.2) is 30.6 Å². The minimum absolute atomic E-state index is 0.0191. The zero-order chi connectivity index (χ0) is 26.4. The van der Waals surface area contributed by atoms with E-state index in [1.807, 2.05) is 24.5 Å². The third-order valence-electron chi connectivity index (χ3n) is 9.16. The molecule has 38 heavy (non-hydrogen) atoms. The van der Waals surface area contributed by atoms with Crippen LogP contribution in [0.4, 0.5) is 17.5 Å². The molecule has 0 aromatic carbocycles. The van der Waals surface area contributed by atoms with Gasteiger partial charge >= 0.3 is 0 Å². The molecule has 3 N–H and O–H groups in total. The summed E-state index contributed by atoms with van der Waals surface area (Å²) < 4.78 is 2.28. The van der Waals surface area contributed by atoms with Crippen molar-refractivity contribution in [2.45, 2.75) is 83.6 Å². The van der Waals surface area contributed by atoms with E-state index in [1.165, 1.54) is 25.8 Å². The summed E-state index contributed by atoms with van der Waals surface area (Å²) in [7, 11) is 0. The summed E-state index contributed by atoms with van der Waals surface area (Å²) in [6.45, 7) is 13.3. The van der Waals surface area contributed by atoms with Gasteiger partial charge < -0.3 is 19.9 Å². The standard InChI is InChI=1S/C29H42N8O/c1-5-19(2)15-36-20(3)16-35(17-21(36)4)23-8-9-25(30-14-23)33-28-31-13-22-12-24-27(38)32-18-29(10-6-7-11-29)37(24)26(22)34-28/h8-9,12-14,19-21,27,32,38H,5-7,10-11,15-18H2,1-4H3,(H,30,31,33,34)/t19?,20-,21+,27?. The van der Waals surface area contributed by atoms with E-state index in [0.29, 0.717) is 18.0 Å². The fraction of sp³-hybridized carbons (Fsp3) is 0.621. The lowest BCUT2D eigenvalue weighted by Gasteiger charge is -2.46. The van der Waals surface area contributed by atoms with E-state index in [9.17, 15) is 5.11 Å². The van der Waals surface area contributed by atoms with Crippen molar-refractivity contribution in [3.8, 4) is 0 Å². The highest BCUT2D eigenvalue weighted by Gasteiger charge is 2.42. The van der Waals surface area contributed by atoms with Crippen LogP contribution in [-0.4, -0.2) is 67.8 Å². The zero-order valence-corrected chi connectivity index (χ0v) is 23.2. The molecule has 3 aliphatic rings. The van der Waals surface area contributed by atoms with Crippen LogP contribution in [0.25, 0.3) is 11.0 Å². The lowest BCUT2D eigenvalue weighted by Crippen LogP contribution is -2.57. The smallest absolute Gasteiger partial charge is 0.230 e. The number of aliphatic hydroxyl groups is 1. The summed E-state index contributed by atoms with van der Waals surface area (Å²) in [5.41, 5.74) is 2.90. The predicted octanol–water partition coefficient (Wildman–Crippen LogP) is 4.38. The number of aliphatic hydroxyl groups excluding tert-OH is 1. The molecule has 1 aliphatic carbocycles. The third kappa shape index (κ3) is 4.54. The lowest BCUT2D eigenvalue weighted by atomic mass is 9.94. The van der Waals surface area contributed by atoms with E-state index in [0.717, 1.165) is 66.6 Å². The number of pyridine rings is 1. The molecule has 1 saturated heterocycles. The van der Waals surface area contributed by atoms with E-state index in [-0.39, 0.29) is 5.54 Å². The van der Waals surface area contributed by atoms with Crippen LogP contribution in [0.2, 0.25) is 0 Å². The second-order valence-corrected chi connectivity index (χ2v) is 11.9. The number of nitrogens with zero attached hydrogens (tertiary/aromatic N) is 6. The summed E-state index contributed by atoms with van der Waals surface area (Å²) in [5.74, 6) is 1.98. The van der Waals surface area contributed by atoms with Crippen molar-refractivity contribution >= 4 is 28.5 Å². The highest BCUT2D eigenvalue weighted by molar-refractivity contribution is 5.79. The molecule has 9 heteroatoms. The van der Waals surface area contributed by atoms with Crippen molar-refractivity contribution in [3.63, 3.8) is 0 Å². The number of nitrogens with one attached hydrogen (secondary N) is 2. The first-order chi connectivity index (χ1) is 18.4. The van der Waals surface area contributed by atoms with Crippen molar-refractivity contribution in [2.24, 2.45) is 5.92 Å². The van der Waals surface area contributed by atoms with E-state index < -0.39 is 6.23 Å². The van der Waals surface area contributed by atoms with Gasteiger partial charge in [0.2, 0.25) is 5.95 Å². The second kappa shape index (κ2) is 10.1. The first-order valence-electron chi connectivity index (χ1n) is 14.4. The van der Waals surface area contributed by atoms with Crippen molar-refractivity contribution in [1.29, 1.82) is 0 Å². The molecule has 2 fully saturated rings. The highest BCUT2D eigenvalue weighted by Crippen LogP contribution is 2.43. The molecule has 0 amide bonds. The Morgan fingerprint density at radius 3 is 2.58 bits per heavy atom. The summed E-state index contributed by atoms with van der Waals surface area (Å²) in [6.07, 6.45) is 8.96. The monoisotopic (exact) mass is 518 g/mol. The molecule has 1 spiro atoms. The summed E-state index contributed by atoms with van der Waals surface area (Å²) >= 11 is 0. The number of fused-ring (bicyclic) bond motifs is 4. The third-order valence-corrected chi connectivity index (χ3v) is 9.16. The van der Waals surface area contributed by atoms with Gasteiger partial charge in [0.05, 0.1) is 23.1 Å². The number of hydrogen-bond donors (Lipinski definition) is 3. The number of aromatic nitrogens is 4. The Labute approximate surface area is 225 Å². The van der Waals surface area contributed by atoms with Crippen LogP contribution in [0, 0.1) is 5.92 Å². The minimum atomic E-state index is -0.677. The second-order valence-electron chi connectivity index (χ2n) is 11.9. The molecule has 0 bridgehead atoms. The Bertz CT molecular complexity index is 1260. The fourth-order valence-corrected chi connectivity index (χ4v) is 6.85. The van der Waals surface area contributed by atoms with Gasteiger partial charge in [-0.2, -0.15) is 4.98 Å². The van der Waals surface area contributed by atoms with Crippen molar-refractivity contribution in [2.75, 3.05) is 36.4 Å². The van der Waals surface area contributed by atoms with Crippen LogP contribution in [0.3, 0.4) is 0 Å². The molecule has 5 heterocycles. The Hall–Kier alpha value is -2.75. The number of rotatable bonds is 6. The van der Waals surface area contributed by atoms with Gasteiger partial charge in [-0.05, 0) is 50.8 Å². The zero-order valence-electron chi connectivity index (χ0n) is 23.2. The van der Waals surface area contributed by atoms with Crippen LogP contribution < -0.4 is 15.5 Å². The summed E-state index contributed by atoms with van der Waals surface area (Å²) in [5, 5.41) is 18.2. The van der Waals surface area contributed by atoms with E-state index in [4.69, 9.17) is 9.97 Å². The first-order valence-corrected chi connectivity index (χ1v) is 14.4. The molecular weight excluding hydrogens is 476 g/mol. The molecule has 4 atom stereocenters. The van der Waals surface area contributed by atoms with Crippen molar-refractivity contribution in [1.82, 2.24) is 29.7 Å². The summed E-state index contributed by atoms with van der Waals surface area (Å²) in [4.78, 5) is 19.3. The SMILES string of the molecule is CCC(C)CN1[C@H](C)CN(c2ccc(Nc3ncc4cc5n(c4n3)C3(CCCC3)CNC5O)nc2)C[C@@H]1C. The van der Waals surface area contributed by atoms with Crippen LogP contribution >= 0.6 is 0 Å². The topological polar surface area (TPSA) is 94.4 Å². The minimum Gasteiger partial charge on any atom is -0.373 e. The van der Waals surface area contributed by atoms with E-state index in [2.05, 4.69) is 63.7 Å². The van der Waals surface area contributed by atoms with Gasteiger partial charge in [-0.3, -0.25) is 10.2 Å². The molecule has 1 saturated carbocycles. The van der Waals surface area contributed by atoms with Crippen molar-refractivity contribution < 1.29 is 5.11 Å². The van der Waals surface area contributed by atoms with Crippen LogP contribution in [-0.2, 0) is 5.54 Å². The Balaban J connectivity index is 1.19. The average molecular weight is 519 g/mol. The largest absolute Gasteiger partial charge is 0.373 e. The van der Waals surface area contributed by atoms with E-state index >= 15 is 0 Å². The van der Waals surface area contributed by atoms with Gasteiger partial charge in [0.15, 0.2) is 0 Å². The number of piperazine rings is 1. The molecular formula is C29H42N8O. The first kappa shape index (κ1) is 25.5. The van der Waals surface area contributed by atoms with Gasteiger partial charge in [-0.25, -0.2) is 9.97 Å². The maximum Gasteiger partial charge on any atom is 0.230 e. The number of hydrogen-bond acceptors (Lipinski definition) is 8. The lowest BCUT2D eigenvalue weighted by molar-refractivity contribution is 0.0768. The quantitative estimate of drug-likeness (QED) is 0.443. The molecule has 3 aromatic heterocycles. The van der Waals surface area contributed by atoms with Crippen LogP contribution in [0.5, 0.6) is 0 Å². The normalized spacial score (nSPS) is 26.1. The van der Waals surface area contributed by atoms with Crippen molar-refractivity contribution in [3.05, 3.63) is 36.3 Å². The Morgan fingerprint density at radius 1 is 1.13 bits per heavy atom. The van der Waals surface area contributed by atoms with Gasteiger partial charge in [-0.15, -0.1) is 0 Å². The predicted molar refractivity (Wildman–Crippen MR) is 152 cm³/mol. The Kier molecular flexibility index (Phi) is 6.78. The van der Waals surface area contributed by atoms with Crippen LogP contribution in [0.1, 0.15) is 71.7 Å². The average Bonchev–Trinajstić information content (AvgIpc) is 3.54. The molecule has 3 aromatic rings. The maximum atomic E-state index is 10.6. The van der Waals surface area contributed by atoms with Gasteiger partial charge in [0, 0.05) is 49.8 Å². The molecule has 2 unspecified atom stereocenters. The molecule has 6 rings (SSSR count). The fourth-order valence-electron chi connectivity index (χ4n) is 6.85. The van der Waals surface area contributed by atoms with Gasteiger partial charge in [0.1, 0.15) is 17.7 Å². The number of anilines is 3. The molecule has 2 aliphatic heterocycles. The van der Waals surface area contributed by atoms with Gasteiger partial charge in [-0.1, -0.05) is 33.1 Å². The van der Waals surface area contributed by atoms with E-state index in [1.54, 1.807) is 0 Å². The Morgan fingerprint density at radius 2 is 1.89 bits per heavy atom. The molecule has 0 radical (unpaired) electrons. The summed E-state index contributed by atoms with van der Waals surface area (Å²) in [6, 6.07) is 7.20. The molecule has 204 valence electrons.